The first-order chi connectivity index (χ1) is 15.9. The topological polar surface area (TPSA) is 86.7 Å². The zero-order valence-electron chi connectivity index (χ0n) is 19.9. The number of amides is 2. The van der Waals surface area contributed by atoms with Crippen LogP contribution in [0.4, 0.5) is 0 Å². The summed E-state index contributed by atoms with van der Waals surface area (Å²) >= 11 is 0. The summed E-state index contributed by atoms with van der Waals surface area (Å²) in [6.07, 6.45) is 8.81. The largest absolute Gasteiger partial charge is 0.351 e. The van der Waals surface area contributed by atoms with Crippen molar-refractivity contribution in [1.29, 1.82) is 0 Å². The lowest BCUT2D eigenvalue weighted by Crippen LogP contribution is -2.40. The molecule has 3 heterocycles. The van der Waals surface area contributed by atoms with Crippen molar-refractivity contribution in [2.75, 3.05) is 33.2 Å². The third kappa shape index (κ3) is 6.96. The van der Waals surface area contributed by atoms with E-state index in [1.165, 1.54) is 0 Å². The minimum Gasteiger partial charge on any atom is -0.351 e. The molecule has 1 aromatic heterocycles. The van der Waals surface area contributed by atoms with E-state index < -0.39 is 0 Å². The van der Waals surface area contributed by atoms with Gasteiger partial charge in [-0.1, -0.05) is 44.7 Å². The Morgan fingerprint density at radius 3 is 2.61 bits per heavy atom. The van der Waals surface area contributed by atoms with Crippen molar-refractivity contribution >= 4 is 23.1 Å². The minimum absolute atomic E-state index is 0.128. The minimum atomic E-state index is -0.367. The van der Waals surface area contributed by atoms with Crippen LogP contribution in [0, 0.1) is 11.8 Å². The Morgan fingerprint density at radius 2 is 1.82 bits per heavy atom. The Bertz CT molecular complexity index is 979. The third-order valence-corrected chi connectivity index (χ3v) is 5.87. The number of aromatic nitrogens is 1. The summed E-state index contributed by atoms with van der Waals surface area (Å²) < 4.78 is 0. The molecule has 0 saturated carbocycles. The number of nitrogens with zero attached hydrogens (tertiary/aromatic N) is 3. The first-order valence-electron chi connectivity index (χ1n) is 11.7. The molecule has 1 aromatic rings. The monoisotopic (exact) mass is 449 g/mol. The molecule has 7 nitrogen and oxygen atoms in total. The van der Waals surface area contributed by atoms with Gasteiger partial charge in [-0.05, 0) is 68.9 Å². The molecule has 33 heavy (non-hydrogen) atoms. The molecule has 2 aliphatic rings. The number of aliphatic imine (C=N–C) groups is 1. The molecular formula is C26H35N5O2. The first-order valence-corrected chi connectivity index (χ1v) is 11.7. The highest BCUT2D eigenvalue weighted by molar-refractivity contribution is 6.45. The zero-order chi connectivity index (χ0) is 23.8. The number of hydrogen-bond donors (Lipinski definition) is 2. The number of hydrogen-bond acceptors (Lipinski definition) is 5. The number of dihydropyridines is 1. The molecule has 3 rings (SSSR count). The van der Waals surface area contributed by atoms with Crippen LogP contribution in [0.2, 0.25) is 0 Å². The van der Waals surface area contributed by atoms with Gasteiger partial charge in [-0.2, -0.15) is 0 Å². The summed E-state index contributed by atoms with van der Waals surface area (Å²) in [5, 5.41) is 5.81. The van der Waals surface area contributed by atoms with Gasteiger partial charge in [0.25, 0.3) is 11.8 Å². The van der Waals surface area contributed by atoms with Crippen LogP contribution in [0.1, 0.15) is 49.3 Å². The molecule has 2 bridgehead atoms. The fourth-order valence-corrected chi connectivity index (χ4v) is 4.02. The van der Waals surface area contributed by atoms with Gasteiger partial charge in [0.2, 0.25) is 0 Å². The van der Waals surface area contributed by atoms with E-state index in [-0.39, 0.29) is 29.1 Å². The molecule has 176 valence electrons. The molecule has 0 fully saturated rings. The lowest BCUT2D eigenvalue weighted by molar-refractivity contribution is -0.114. The molecule has 0 radical (unpaired) electrons. The van der Waals surface area contributed by atoms with E-state index in [0.29, 0.717) is 30.4 Å². The first kappa shape index (κ1) is 24.6. The van der Waals surface area contributed by atoms with Crippen molar-refractivity contribution in [3.05, 3.63) is 60.1 Å². The van der Waals surface area contributed by atoms with Crippen molar-refractivity contribution in [2.45, 2.75) is 33.1 Å². The van der Waals surface area contributed by atoms with E-state index in [9.17, 15) is 9.59 Å². The van der Waals surface area contributed by atoms with Crippen LogP contribution in [0.5, 0.6) is 0 Å². The van der Waals surface area contributed by atoms with E-state index in [2.05, 4.69) is 52.1 Å². The lowest BCUT2D eigenvalue weighted by atomic mass is 10.00. The van der Waals surface area contributed by atoms with Crippen LogP contribution in [-0.2, 0) is 4.79 Å². The Kier molecular flexibility index (Phi) is 8.72. The van der Waals surface area contributed by atoms with Gasteiger partial charge < -0.3 is 15.5 Å². The van der Waals surface area contributed by atoms with E-state index in [1.807, 2.05) is 25.1 Å². The van der Waals surface area contributed by atoms with Crippen LogP contribution < -0.4 is 10.6 Å². The highest BCUT2D eigenvalue weighted by Gasteiger charge is 2.23. The van der Waals surface area contributed by atoms with Gasteiger partial charge >= 0.3 is 0 Å². The van der Waals surface area contributed by atoms with Gasteiger partial charge in [0.1, 0.15) is 11.4 Å². The van der Waals surface area contributed by atoms with Crippen molar-refractivity contribution in [3.8, 4) is 0 Å². The number of pyridine rings is 1. The molecule has 0 aliphatic carbocycles. The fraction of sp³-hybridized carbons (Fsp3) is 0.462. The third-order valence-electron chi connectivity index (χ3n) is 5.87. The smallest absolute Gasteiger partial charge is 0.274 e. The number of allylic oxidation sites excluding steroid dienone is 3. The van der Waals surface area contributed by atoms with Crippen LogP contribution in [0.15, 0.2) is 53.7 Å². The molecule has 2 atom stereocenters. The summed E-state index contributed by atoms with van der Waals surface area (Å²) in [5.41, 5.74) is 2.61. The van der Waals surface area contributed by atoms with Crippen molar-refractivity contribution in [1.82, 2.24) is 20.5 Å². The number of nitrogens with one attached hydrogen (secondary N) is 2. The molecular weight excluding hydrogens is 414 g/mol. The Balaban J connectivity index is 1.91. The number of carbonyl (C=O) groups is 2. The van der Waals surface area contributed by atoms with E-state index in [1.54, 1.807) is 12.1 Å². The second kappa shape index (κ2) is 11.7. The Morgan fingerprint density at radius 1 is 1.06 bits per heavy atom. The van der Waals surface area contributed by atoms with E-state index in [4.69, 9.17) is 0 Å². The second-order valence-electron chi connectivity index (χ2n) is 8.97. The SMILES string of the molecule is C=C/C1=C\C(C)CCCN(C)CCCNC(=O)C2=NCC(C)C=C2NC(=O)c2cccc1n2. The summed E-state index contributed by atoms with van der Waals surface area (Å²) in [4.78, 5) is 37.1. The molecule has 2 amide bonds. The van der Waals surface area contributed by atoms with Crippen LogP contribution in [-0.4, -0.2) is 60.6 Å². The second-order valence-corrected chi connectivity index (χ2v) is 8.97. The maximum absolute atomic E-state index is 13.0. The van der Waals surface area contributed by atoms with Gasteiger partial charge in [0.05, 0.1) is 11.4 Å². The quantitative estimate of drug-likeness (QED) is 0.689. The molecule has 0 saturated heterocycles. The molecule has 2 N–H and O–H groups in total. The lowest BCUT2D eigenvalue weighted by Gasteiger charge is -2.20. The van der Waals surface area contributed by atoms with E-state index >= 15 is 0 Å². The summed E-state index contributed by atoms with van der Waals surface area (Å²) in [6, 6.07) is 5.37. The van der Waals surface area contributed by atoms with Crippen LogP contribution in [0.25, 0.3) is 5.57 Å². The van der Waals surface area contributed by atoms with Crippen LogP contribution in [0.3, 0.4) is 0 Å². The maximum atomic E-state index is 13.0. The van der Waals surface area contributed by atoms with Gasteiger partial charge in [0.15, 0.2) is 0 Å². The Hall–Kier alpha value is -3.06. The molecule has 2 aliphatic heterocycles. The number of rotatable bonds is 1. The summed E-state index contributed by atoms with van der Waals surface area (Å²) in [7, 11) is 2.11. The van der Waals surface area contributed by atoms with E-state index in [0.717, 1.165) is 37.9 Å². The van der Waals surface area contributed by atoms with Crippen molar-refractivity contribution in [2.24, 2.45) is 16.8 Å². The Labute approximate surface area is 196 Å². The summed E-state index contributed by atoms with van der Waals surface area (Å²) in [5.74, 6) is -0.141. The molecule has 7 heteroatoms. The standard InChI is InChI=1S/C26H35N5O2/c1-5-20-15-18(2)9-7-13-31(4)14-8-12-27-26(33)24-23(16-19(3)17-28-24)30-25(32)22-11-6-10-21(20)29-22/h5-6,10-11,15-16,18-19H,1,7-9,12-14,17H2,2-4H3,(H,27,33)(H,30,32)/b20-15+. The zero-order valence-corrected chi connectivity index (χ0v) is 19.9. The van der Waals surface area contributed by atoms with Gasteiger partial charge in [-0.25, -0.2) is 4.98 Å². The van der Waals surface area contributed by atoms with Gasteiger partial charge in [0, 0.05) is 13.1 Å². The molecule has 0 aromatic carbocycles. The maximum Gasteiger partial charge on any atom is 0.274 e. The predicted octanol–water partition coefficient (Wildman–Crippen LogP) is 3.22. The average Bonchev–Trinajstić information content (AvgIpc) is 2.79. The summed E-state index contributed by atoms with van der Waals surface area (Å²) in [6.45, 7) is 11.1. The van der Waals surface area contributed by atoms with Gasteiger partial charge in [-0.15, -0.1) is 0 Å². The van der Waals surface area contributed by atoms with Crippen molar-refractivity contribution < 1.29 is 9.59 Å². The highest BCUT2D eigenvalue weighted by Crippen LogP contribution is 2.20. The van der Waals surface area contributed by atoms with Gasteiger partial charge in [-0.3, -0.25) is 14.6 Å². The molecule has 0 spiro atoms. The predicted molar refractivity (Wildman–Crippen MR) is 133 cm³/mol. The normalized spacial score (nSPS) is 25.5. The van der Waals surface area contributed by atoms with Crippen LogP contribution >= 0.6 is 0 Å². The average molecular weight is 450 g/mol. The fourth-order valence-electron chi connectivity index (χ4n) is 4.02. The number of carbonyl (C=O) groups excluding carboxylic acids is 2. The van der Waals surface area contributed by atoms with Crippen molar-refractivity contribution in [3.63, 3.8) is 0 Å². The highest BCUT2D eigenvalue weighted by atomic mass is 16.2. The molecule has 2 unspecified atom stereocenters. The number of fused-ring (bicyclic) bond motifs is 3.